The predicted octanol–water partition coefficient (Wildman–Crippen LogP) is 3.70. The number of nitrogen functional groups attached to an aromatic ring is 1. The first-order valence-electron chi connectivity index (χ1n) is 6.05. The zero-order valence-electron chi connectivity index (χ0n) is 11.1. The van der Waals surface area contributed by atoms with Crippen LogP contribution in [0.25, 0.3) is 0 Å². The summed E-state index contributed by atoms with van der Waals surface area (Å²) in [7, 11) is 0. The molecule has 0 bridgehead atoms. The molecule has 3 N–H and O–H groups in total. The molecule has 0 saturated heterocycles. The Hall–Kier alpha value is -2.03. The maximum atomic E-state index is 5.90. The highest BCUT2D eigenvalue weighted by atomic mass is 15.0. The number of pyridine rings is 1. The number of rotatable bonds is 2. The van der Waals surface area contributed by atoms with Gasteiger partial charge in [0.15, 0.2) is 5.82 Å². The summed E-state index contributed by atoms with van der Waals surface area (Å²) in [6, 6.07) is 11.9. The average Bonchev–Trinajstić information content (AvgIpc) is 2.31. The largest absolute Gasteiger partial charge is 0.396 e. The predicted molar refractivity (Wildman–Crippen MR) is 77.1 cm³/mol. The van der Waals surface area contributed by atoms with Gasteiger partial charge in [-0.1, -0.05) is 39.0 Å². The van der Waals surface area contributed by atoms with Crippen LogP contribution in [0.1, 0.15) is 26.3 Å². The van der Waals surface area contributed by atoms with E-state index >= 15 is 0 Å². The van der Waals surface area contributed by atoms with Crippen LogP contribution in [0, 0.1) is 0 Å². The van der Waals surface area contributed by atoms with Gasteiger partial charge in [-0.25, -0.2) is 4.98 Å². The Morgan fingerprint density at radius 1 is 1.06 bits per heavy atom. The molecule has 0 aliphatic carbocycles. The zero-order valence-corrected chi connectivity index (χ0v) is 11.1. The van der Waals surface area contributed by atoms with Crippen LogP contribution in [0.5, 0.6) is 0 Å². The molecule has 0 unspecified atom stereocenters. The fraction of sp³-hybridized carbons (Fsp3) is 0.267. The van der Waals surface area contributed by atoms with Gasteiger partial charge in [0.05, 0.1) is 5.69 Å². The van der Waals surface area contributed by atoms with Gasteiger partial charge in [-0.2, -0.15) is 0 Å². The SMILES string of the molecule is CC(C)(C)c1ccccc1Nc1ncccc1N. The van der Waals surface area contributed by atoms with Gasteiger partial charge in [0.1, 0.15) is 0 Å². The Labute approximate surface area is 108 Å². The van der Waals surface area contributed by atoms with Gasteiger partial charge in [0.2, 0.25) is 0 Å². The van der Waals surface area contributed by atoms with Crippen molar-refractivity contribution in [3.05, 3.63) is 48.2 Å². The third-order valence-corrected chi connectivity index (χ3v) is 2.83. The van der Waals surface area contributed by atoms with Crippen molar-refractivity contribution in [3.63, 3.8) is 0 Å². The molecular weight excluding hydrogens is 222 g/mol. The van der Waals surface area contributed by atoms with E-state index in [0.717, 1.165) is 5.69 Å². The fourth-order valence-electron chi connectivity index (χ4n) is 1.90. The highest BCUT2D eigenvalue weighted by molar-refractivity contribution is 5.70. The summed E-state index contributed by atoms with van der Waals surface area (Å²) in [4.78, 5) is 4.26. The molecule has 1 aromatic carbocycles. The second-order valence-electron chi connectivity index (χ2n) is 5.36. The first kappa shape index (κ1) is 12.4. The van der Waals surface area contributed by atoms with Crippen molar-refractivity contribution >= 4 is 17.2 Å². The first-order chi connectivity index (χ1) is 8.48. The minimum absolute atomic E-state index is 0.0765. The monoisotopic (exact) mass is 241 g/mol. The number of nitrogens with two attached hydrogens (primary N) is 1. The van der Waals surface area contributed by atoms with Gasteiger partial charge in [0.25, 0.3) is 0 Å². The molecule has 3 heteroatoms. The number of aromatic nitrogens is 1. The Kier molecular flexibility index (Phi) is 3.24. The Balaban J connectivity index is 2.39. The number of nitrogens with one attached hydrogen (secondary N) is 1. The van der Waals surface area contributed by atoms with Crippen LogP contribution in [0.3, 0.4) is 0 Å². The van der Waals surface area contributed by atoms with Gasteiger partial charge in [0, 0.05) is 11.9 Å². The van der Waals surface area contributed by atoms with Crippen molar-refractivity contribution in [3.8, 4) is 0 Å². The summed E-state index contributed by atoms with van der Waals surface area (Å²) in [6.45, 7) is 6.57. The fourth-order valence-corrected chi connectivity index (χ4v) is 1.90. The van der Waals surface area contributed by atoms with E-state index in [2.05, 4.69) is 43.2 Å². The summed E-state index contributed by atoms with van der Waals surface area (Å²) >= 11 is 0. The van der Waals surface area contributed by atoms with Crippen LogP contribution >= 0.6 is 0 Å². The van der Waals surface area contributed by atoms with Crippen LogP contribution in [-0.2, 0) is 5.41 Å². The van der Waals surface area contributed by atoms with Crippen LogP contribution in [0.2, 0.25) is 0 Å². The topological polar surface area (TPSA) is 50.9 Å². The van der Waals surface area contributed by atoms with Crippen LogP contribution < -0.4 is 11.1 Å². The molecule has 0 atom stereocenters. The van der Waals surface area contributed by atoms with Gasteiger partial charge in [-0.05, 0) is 29.2 Å². The van der Waals surface area contributed by atoms with E-state index in [1.165, 1.54) is 5.56 Å². The molecule has 3 nitrogen and oxygen atoms in total. The lowest BCUT2D eigenvalue weighted by atomic mass is 9.86. The minimum atomic E-state index is 0.0765. The van der Waals surface area contributed by atoms with E-state index in [9.17, 15) is 0 Å². The van der Waals surface area contributed by atoms with Crippen molar-refractivity contribution in [1.29, 1.82) is 0 Å². The molecule has 0 fully saturated rings. The van der Waals surface area contributed by atoms with E-state index in [1.807, 2.05) is 24.3 Å². The van der Waals surface area contributed by atoms with E-state index in [4.69, 9.17) is 5.73 Å². The molecule has 0 saturated carbocycles. The van der Waals surface area contributed by atoms with Crippen LogP contribution in [0.4, 0.5) is 17.2 Å². The molecule has 0 aliphatic rings. The van der Waals surface area contributed by atoms with Crippen LogP contribution in [-0.4, -0.2) is 4.98 Å². The number of anilines is 3. The standard InChI is InChI=1S/C15H19N3/c1-15(2,3)11-7-4-5-9-13(11)18-14-12(16)8-6-10-17-14/h4-10H,16H2,1-3H3,(H,17,18). The smallest absolute Gasteiger partial charge is 0.153 e. The highest BCUT2D eigenvalue weighted by Crippen LogP contribution is 2.31. The Morgan fingerprint density at radius 3 is 2.44 bits per heavy atom. The Bertz CT molecular complexity index is 541. The number of hydrogen-bond donors (Lipinski definition) is 2. The zero-order chi connectivity index (χ0) is 13.2. The molecule has 1 aromatic heterocycles. The number of para-hydroxylation sites is 1. The number of benzene rings is 1. The van der Waals surface area contributed by atoms with E-state index in [-0.39, 0.29) is 5.41 Å². The molecular formula is C15H19N3. The quantitative estimate of drug-likeness (QED) is 0.842. The molecule has 18 heavy (non-hydrogen) atoms. The summed E-state index contributed by atoms with van der Waals surface area (Å²) < 4.78 is 0. The third kappa shape index (κ3) is 2.62. The third-order valence-electron chi connectivity index (χ3n) is 2.83. The molecule has 0 aliphatic heterocycles. The molecule has 2 aromatic rings. The van der Waals surface area contributed by atoms with Crippen molar-refractivity contribution in [1.82, 2.24) is 4.98 Å². The lowest BCUT2D eigenvalue weighted by molar-refractivity contribution is 0.592. The maximum Gasteiger partial charge on any atom is 0.153 e. The minimum Gasteiger partial charge on any atom is -0.396 e. The lowest BCUT2D eigenvalue weighted by Crippen LogP contribution is -2.14. The summed E-state index contributed by atoms with van der Waals surface area (Å²) in [5, 5.41) is 3.31. The summed E-state index contributed by atoms with van der Waals surface area (Å²) in [5.74, 6) is 0.703. The van der Waals surface area contributed by atoms with Crippen LogP contribution in [0.15, 0.2) is 42.6 Å². The average molecular weight is 241 g/mol. The molecule has 0 spiro atoms. The second kappa shape index (κ2) is 4.69. The second-order valence-corrected chi connectivity index (χ2v) is 5.36. The van der Waals surface area contributed by atoms with E-state index < -0.39 is 0 Å². The van der Waals surface area contributed by atoms with Gasteiger partial charge in [-0.15, -0.1) is 0 Å². The lowest BCUT2D eigenvalue weighted by Gasteiger charge is -2.23. The summed E-state index contributed by atoms with van der Waals surface area (Å²) in [6.07, 6.45) is 1.73. The highest BCUT2D eigenvalue weighted by Gasteiger charge is 2.17. The van der Waals surface area contributed by atoms with E-state index in [0.29, 0.717) is 11.5 Å². The Morgan fingerprint density at radius 2 is 1.78 bits per heavy atom. The van der Waals surface area contributed by atoms with Gasteiger partial charge in [-0.3, -0.25) is 0 Å². The van der Waals surface area contributed by atoms with Crippen molar-refractivity contribution < 1.29 is 0 Å². The molecule has 1 heterocycles. The van der Waals surface area contributed by atoms with Gasteiger partial charge < -0.3 is 11.1 Å². The van der Waals surface area contributed by atoms with Crippen molar-refractivity contribution in [2.45, 2.75) is 26.2 Å². The normalized spacial score (nSPS) is 11.3. The number of hydrogen-bond acceptors (Lipinski definition) is 3. The van der Waals surface area contributed by atoms with E-state index in [1.54, 1.807) is 6.20 Å². The maximum absolute atomic E-state index is 5.90. The molecule has 2 rings (SSSR count). The summed E-state index contributed by atoms with van der Waals surface area (Å²) in [5.41, 5.74) is 8.93. The van der Waals surface area contributed by atoms with Crippen molar-refractivity contribution in [2.24, 2.45) is 0 Å². The van der Waals surface area contributed by atoms with Gasteiger partial charge >= 0.3 is 0 Å². The molecule has 0 amide bonds. The number of nitrogens with zero attached hydrogens (tertiary/aromatic N) is 1. The first-order valence-corrected chi connectivity index (χ1v) is 6.05. The molecule has 0 radical (unpaired) electrons. The van der Waals surface area contributed by atoms with Crippen molar-refractivity contribution in [2.75, 3.05) is 11.1 Å². The molecule has 94 valence electrons.